The summed E-state index contributed by atoms with van der Waals surface area (Å²) >= 11 is 0. The third-order valence-corrected chi connectivity index (χ3v) is 7.40. The fourth-order valence-corrected chi connectivity index (χ4v) is 5.73. The third kappa shape index (κ3) is 7.63. The molecule has 1 aromatic heterocycles. The highest BCUT2D eigenvalue weighted by Crippen LogP contribution is 2.55. The van der Waals surface area contributed by atoms with Crippen LogP contribution in [0.2, 0.25) is 0 Å². The van der Waals surface area contributed by atoms with Gasteiger partial charge in [-0.25, -0.2) is 8.96 Å². The molecule has 40 heavy (non-hydrogen) atoms. The number of phosphoric ester groups is 1. The second kappa shape index (κ2) is 12.3. The normalized spacial score (nSPS) is 12.6. The zero-order valence-electron chi connectivity index (χ0n) is 24.6. The van der Waals surface area contributed by atoms with Crippen molar-refractivity contribution >= 4 is 18.7 Å². The van der Waals surface area contributed by atoms with Crippen molar-refractivity contribution in [3.63, 3.8) is 0 Å². The molecule has 0 atom stereocenters. The first-order valence-corrected chi connectivity index (χ1v) is 14.4. The number of rotatable bonds is 11. The van der Waals surface area contributed by atoms with Crippen molar-refractivity contribution in [1.29, 1.82) is 0 Å². The van der Waals surface area contributed by atoms with Crippen molar-refractivity contribution in [2.24, 2.45) is 0 Å². The highest BCUT2D eigenvalue weighted by atomic mass is 31.2. The Hall–Kier alpha value is -2.91. The van der Waals surface area contributed by atoms with Crippen molar-refractivity contribution in [3.8, 4) is 28.4 Å². The van der Waals surface area contributed by atoms with Crippen molar-refractivity contribution in [1.82, 2.24) is 4.57 Å². The predicted molar refractivity (Wildman–Crippen MR) is 153 cm³/mol. The fourth-order valence-electron chi connectivity index (χ4n) is 3.98. The van der Waals surface area contributed by atoms with E-state index in [0.717, 1.165) is 0 Å². The van der Waals surface area contributed by atoms with Gasteiger partial charge in [0.2, 0.25) is 0 Å². The number of nitrogens with zero attached hydrogens (tertiary/aromatic N) is 1. The van der Waals surface area contributed by atoms with E-state index in [1.165, 1.54) is 37.1 Å². The molecule has 9 nitrogen and oxygen atoms in total. The maximum absolute atomic E-state index is 15.4. The van der Waals surface area contributed by atoms with E-state index in [2.05, 4.69) is 0 Å². The Kier molecular flexibility index (Phi) is 9.73. The van der Waals surface area contributed by atoms with Gasteiger partial charge in [0.1, 0.15) is 29.8 Å². The molecule has 0 spiro atoms. The summed E-state index contributed by atoms with van der Waals surface area (Å²) in [5, 5.41) is -0.212. The van der Waals surface area contributed by atoms with Gasteiger partial charge in [-0.15, -0.1) is 0 Å². The summed E-state index contributed by atoms with van der Waals surface area (Å²) in [7, 11) is -1.18. The molecule has 0 unspecified atom stereocenters. The van der Waals surface area contributed by atoms with Crippen LogP contribution in [0.4, 0.5) is 4.39 Å². The highest BCUT2D eigenvalue weighted by Gasteiger charge is 2.37. The average molecular weight is 580 g/mol. The first-order valence-electron chi connectivity index (χ1n) is 13.0. The van der Waals surface area contributed by atoms with Gasteiger partial charge < -0.3 is 18.8 Å². The molecule has 0 aliphatic carbocycles. The number of halogens is 1. The Morgan fingerprint density at radius 3 is 2.10 bits per heavy atom. The van der Waals surface area contributed by atoms with E-state index in [-0.39, 0.29) is 22.2 Å². The van der Waals surface area contributed by atoms with Crippen molar-refractivity contribution < 1.29 is 36.7 Å². The molecule has 220 valence electrons. The topological polar surface area (TPSA) is 94.5 Å². The second-order valence-electron chi connectivity index (χ2n) is 11.1. The molecule has 0 fully saturated rings. The van der Waals surface area contributed by atoms with Gasteiger partial charge in [0.05, 0.1) is 42.9 Å². The molecule has 0 bridgehead atoms. The molecule has 2 aromatic carbocycles. The Labute approximate surface area is 234 Å². The number of methoxy groups -OCH3 is 2. The summed E-state index contributed by atoms with van der Waals surface area (Å²) in [6.07, 6.45) is 2.18. The molecule has 0 N–H and O–H groups in total. The second-order valence-corrected chi connectivity index (χ2v) is 12.7. The summed E-state index contributed by atoms with van der Waals surface area (Å²) in [6, 6.07) is 7.58. The van der Waals surface area contributed by atoms with Crippen molar-refractivity contribution in [3.05, 3.63) is 52.6 Å². The number of hydrogen-bond acceptors (Lipinski definition) is 8. The summed E-state index contributed by atoms with van der Waals surface area (Å²) in [5.41, 5.74) is -1.62. The molecular formula is C29H39FNO8P. The first kappa shape index (κ1) is 31.6. The summed E-state index contributed by atoms with van der Waals surface area (Å²) in [6.45, 7) is 12.2. The van der Waals surface area contributed by atoms with Gasteiger partial charge in [0.25, 0.3) is 0 Å². The van der Waals surface area contributed by atoms with Crippen LogP contribution in [0.15, 0.2) is 41.3 Å². The molecule has 0 aliphatic rings. The minimum Gasteiger partial charge on any atom is -0.497 e. The standard InChI is InChI=1S/C29H39FNO8P/c1-10-15-36-23-14-13-22(30)25-26(23)31(18-37-40(33,38-28(2,3)4)39-29(5,6)7)17-21(27(25)32)20-12-11-19(34-8)16-24(20)35-9/h11-14,16-17H,10,15,18H2,1-9H3. The smallest absolute Gasteiger partial charge is 0.477 e. The molecule has 0 saturated heterocycles. The molecule has 3 rings (SSSR count). The number of hydrogen-bond donors (Lipinski definition) is 0. The maximum Gasteiger partial charge on any atom is 0.477 e. The molecule has 0 aliphatic heterocycles. The lowest BCUT2D eigenvalue weighted by atomic mass is 10.0. The SMILES string of the molecule is CCCOc1ccc(F)c2c(=O)c(-c3ccc(OC)cc3OC)cn(COP(=O)(OC(C)(C)C)OC(C)(C)C)c12. The summed E-state index contributed by atoms with van der Waals surface area (Å²) < 4.78 is 64.7. The third-order valence-electron chi connectivity index (χ3n) is 5.42. The quantitative estimate of drug-likeness (QED) is 0.218. The minimum atomic E-state index is -4.15. The number of benzene rings is 2. The van der Waals surface area contributed by atoms with Crippen LogP contribution < -0.4 is 19.6 Å². The van der Waals surface area contributed by atoms with E-state index >= 15 is 4.39 Å². The lowest BCUT2D eigenvalue weighted by Crippen LogP contribution is -2.25. The molecule has 0 radical (unpaired) electrons. The Bertz CT molecular complexity index is 1440. The zero-order chi connectivity index (χ0) is 29.9. The Morgan fingerprint density at radius 2 is 1.55 bits per heavy atom. The van der Waals surface area contributed by atoms with Crippen molar-refractivity contribution in [2.45, 2.75) is 72.8 Å². The van der Waals surface area contributed by atoms with Crippen LogP contribution in [-0.2, 0) is 24.9 Å². The number of aromatic nitrogens is 1. The molecular weight excluding hydrogens is 540 g/mol. The number of phosphoric acid groups is 1. The van der Waals surface area contributed by atoms with Gasteiger partial charge in [-0.05, 0) is 72.2 Å². The van der Waals surface area contributed by atoms with Gasteiger partial charge >= 0.3 is 7.82 Å². The number of fused-ring (bicyclic) bond motifs is 1. The van der Waals surface area contributed by atoms with E-state index in [4.69, 9.17) is 27.8 Å². The van der Waals surface area contributed by atoms with Crippen molar-refractivity contribution in [2.75, 3.05) is 20.8 Å². The lowest BCUT2D eigenvalue weighted by Gasteiger charge is -2.31. The highest BCUT2D eigenvalue weighted by molar-refractivity contribution is 7.48. The van der Waals surface area contributed by atoms with E-state index < -0.39 is 37.0 Å². The van der Waals surface area contributed by atoms with Crippen LogP contribution >= 0.6 is 7.82 Å². The zero-order valence-corrected chi connectivity index (χ0v) is 25.5. The predicted octanol–water partition coefficient (Wildman–Crippen LogP) is 7.33. The van der Waals surface area contributed by atoms with E-state index in [0.29, 0.717) is 30.1 Å². The van der Waals surface area contributed by atoms with Crippen LogP contribution in [0.1, 0.15) is 54.9 Å². The lowest BCUT2D eigenvalue weighted by molar-refractivity contribution is -0.00573. The maximum atomic E-state index is 15.4. The van der Waals surface area contributed by atoms with Gasteiger partial charge in [-0.3, -0.25) is 18.4 Å². The summed E-state index contributed by atoms with van der Waals surface area (Å²) in [4.78, 5) is 13.8. The van der Waals surface area contributed by atoms with Gasteiger partial charge in [-0.1, -0.05) is 6.92 Å². The number of ether oxygens (including phenoxy) is 3. The average Bonchev–Trinajstić information content (AvgIpc) is 2.85. The monoisotopic (exact) mass is 579 g/mol. The first-order chi connectivity index (χ1) is 18.6. The fraction of sp³-hybridized carbons (Fsp3) is 0.483. The Morgan fingerprint density at radius 1 is 0.900 bits per heavy atom. The molecule has 11 heteroatoms. The molecule has 0 amide bonds. The van der Waals surface area contributed by atoms with E-state index in [1.54, 1.807) is 59.7 Å². The van der Waals surface area contributed by atoms with E-state index in [9.17, 15) is 9.36 Å². The number of pyridine rings is 1. The molecule has 3 aromatic rings. The minimum absolute atomic E-state index is 0.130. The largest absolute Gasteiger partial charge is 0.497 e. The van der Waals surface area contributed by atoms with Crippen LogP contribution in [0.3, 0.4) is 0 Å². The van der Waals surface area contributed by atoms with Gasteiger partial charge in [0.15, 0.2) is 5.43 Å². The van der Waals surface area contributed by atoms with E-state index in [1.807, 2.05) is 6.92 Å². The van der Waals surface area contributed by atoms with Gasteiger partial charge in [-0.2, -0.15) is 0 Å². The van der Waals surface area contributed by atoms with Crippen LogP contribution in [0.5, 0.6) is 17.2 Å². The van der Waals surface area contributed by atoms with Crippen LogP contribution in [0, 0.1) is 5.82 Å². The molecule has 0 saturated carbocycles. The Balaban J connectivity index is 2.28. The van der Waals surface area contributed by atoms with Crippen LogP contribution in [-0.4, -0.2) is 36.6 Å². The summed E-state index contributed by atoms with van der Waals surface area (Å²) in [5.74, 6) is 0.397. The van der Waals surface area contributed by atoms with Gasteiger partial charge in [0, 0.05) is 23.4 Å². The van der Waals surface area contributed by atoms with Crippen LogP contribution in [0.25, 0.3) is 22.0 Å². The molecule has 1 heterocycles.